The zero-order chi connectivity index (χ0) is 17.6. The second-order valence-corrected chi connectivity index (χ2v) is 7.82. The summed E-state index contributed by atoms with van der Waals surface area (Å²) in [5, 5.41) is 9.73. The van der Waals surface area contributed by atoms with Crippen molar-refractivity contribution < 1.29 is 13.5 Å². The molecular formula is C18H24N2O3S. The van der Waals surface area contributed by atoms with E-state index in [-0.39, 0.29) is 0 Å². The monoisotopic (exact) mass is 348 g/mol. The zero-order valence-electron chi connectivity index (χ0n) is 14.0. The summed E-state index contributed by atoms with van der Waals surface area (Å²) in [4.78, 5) is 2.17. The maximum Gasteiger partial charge on any atom is 0.229 e. The topological polar surface area (TPSA) is 69.6 Å². The van der Waals surface area contributed by atoms with Gasteiger partial charge in [0.2, 0.25) is 10.0 Å². The van der Waals surface area contributed by atoms with Crippen molar-refractivity contribution in [3.63, 3.8) is 0 Å². The van der Waals surface area contributed by atoms with Crippen LogP contribution in [0.4, 0.5) is 5.69 Å². The molecule has 2 aromatic rings. The first kappa shape index (κ1) is 18.4. The smallest absolute Gasteiger partial charge is 0.229 e. The van der Waals surface area contributed by atoms with Crippen LogP contribution in [-0.2, 0) is 23.1 Å². The van der Waals surface area contributed by atoms with Crippen molar-refractivity contribution in [2.75, 3.05) is 17.5 Å². The van der Waals surface area contributed by atoms with Gasteiger partial charge in [-0.05, 0) is 30.2 Å². The molecule has 5 nitrogen and oxygen atoms in total. The van der Waals surface area contributed by atoms with Crippen LogP contribution in [0.15, 0.2) is 54.6 Å². The van der Waals surface area contributed by atoms with Crippen molar-refractivity contribution in [2.24, 2.45) is 0 Å². The predicted octanol–water partition coefficient (Wildman–Crippen LogP) is 2.44. The molecule has 0 saturated heterocycles. The SMILES string of the molecule is C[C@H](O)CN(Cc1ccccc1)Cc1ccc(NS(C)(=O)=O)cc1. The molecule has 130 valence electrons. The minimum atomic E-state index is -3.26. The van der Waals surface area contributed by atoms with E-state index in [4.69, 9.17) is 0 Å². The summed E-state index contributed by atoms with van der Waals surface area (Å²) in [6, 6.07) is 17.4. The highest BCUT2D eigenvalue weighted by Crippen LogP contribution is 2.14. The van der Waals surface area contributed by atoms with Gasteiger partial charge in [0.05, 0.1) is 12.4 Å². The Bertz CT molecular complexity index is 729. The first-order valence-corrected chi connectivity index (χ1v) is 9.72. The number of rotatable bonds is 8. The highest BCUT2D eigenvalue weighted by atomic mass is 32.2. The summed E-state index contributed by atoms with van der Waals surface area (Å²) >= 11 is 0. The van der Waals surface area contributed by atoms with Crippen LogP contribution in [-0.4, -0.2) is 37.3 Å². The Morgan fingerprint density at radius 1 is 1.00 bits per heavy atom. The Labute approximate surface area is 144 Å². The van der Waals surface area contributed by atoms with Crippen LogP contribution in [0.1, 0.15) is 18.1 Å². The van der Waals surface area contributed by atoms with Gasteiger partial charge < -0.3 is 5.11 Å². The van der Waals surface area contributed by atoms with Gasteiger partial charge in [-0.25, -0.2) is 8.42 Å². The third-order valence-electron chi connectivity index (χ3n) is 3.43. The number of hydrogen-bond acceptors (Lipinski definition) is 4. The number of sulfonamides is 1. The molecule has 0 unspecified atom stereocenters. The quantitative estimate of drug-likeness (QED) is 0.769. The minimum Gasteiger partial charge on any atom is -0.392 e. The maximum atomic E-state index is 11.2. The summed E-state index contributed by atoms with van der Waals surface area (Å²) in [7, 11) is -3.26. The molecule has 6 heteroatoms. The lowest BCUT2D eigenvalue weighted by Crippen LogP contribution is -2.30. The molecule has 0 aliphatic rings. The third kappa shape index (κ3) is 6.70. The number of benzene rings is 2. The van der Waals surface area contributed by atoms with Crippen LogP contribution in [0.5, 0.6) is 0 Å². The normalized spacial score (nSPS) is 13.0. The average Bonchev–Trinajstić information content (AvgIpc) is 2.48. The van der Waals surface area contributed by atoms with E-state index in [0.29, 0.717) is 18.8 Å². The van der Waals surface area contributed by atoms with Crippen molar-refractivity contribution in [1.82, 2.24) is 4.90 Å². The lowest BCUT2D eigenvalue weighted by atomic mass is 10.1. The number of aliphatic hydroxyl groups is 1. The summed E-state index contributed by atoms with van der Waals surface area (Å²) in [6.45, 7) is 3.77. The molecule has 0 aliphatic carbocycles. The molecule has 0 saturated carbocycles. The Kier molecular flexibility index (Phi) is 6.36. The first-order chi connectivity index (χ1) is 11.3. The van der Waals surface area contributed by atoms with Crippen molar-refractivity contribution in [2.45, 2.75) is 26.1 Å². The Hall–Kier alpha value is -1.89. The summed E-state index contributed by atoms with van der Waals surface area (Å²) in [5.74, 6) is 0. The van der Waals surface area contributed by atoms with Gasteiger partial charge in [-0.3, -0.25) is 9.62 Å². The van der Waals surface area contributed by atoms with E-state index in [1.165, 1.54) is 5.56 Å². The molecule has 2 aromatic carbocycles. The van der Waals surface area contributed by atoms with Gasteiger partial charge in [0.15, 0.2) is 0 Å². The Balaban J connectivity index is 2.05. The fraction of sp³-hybridized carbons (Fsp3) is 0.333. The van der Waals surface area contributed by atoms with Crippen LogP contribution in [0.2, 0.25) is 0 Å². The molecule has 24 heavy (non-hydrogen) atoms. The molecule has 0 spiro atoms. The molecule has 2 rings (SSSR count). The van der Waals surface area contributed by atoms with Crippen molar-refractivity contribution in [1.29, 1.82) is 0 Å². The summed E-state index contributed by atoms with van der Waals surface area (Å²) in [5.41, 5.74) is 2.80. The van der Waals surface area contributed by atoms with Crippen LogP contribution in [0.25, 0.3) is 0 Å². The highest BCUT2D eigenvalue weighted by molar-refractivity contribution is 7.92. The van der Waals surface area contributed by atoms with E-state index in [9.17, 15) is 13.5 Å². The number of aliphatic hydroxyl groups excluding tert-OH is 1. The maximum absolute atomic E-state index is 11.2. The third-order valence-corrected chi connectivity index (χ3v) is 4.04. The molecule has 0 aromatic heterocycles. The van der Waals surface area contributed by atoms with Gasteiger partial charge in [0, 0.05) is 25.3 Å². The van der Waals surface area contributed by atoms with Gasteiger partial charge in [0.1, 0.15) is 0 Å². The molecule has 0 aliphatic heterocycles. The molecule has 0 fully saturated rings. The Morgan fingerprint density at radius 3 is 2.04 bits per heavy atom. The van der Waals surface area contributed by atoms with Crippen LogP contribution >= 0.6 is 0 Å². The number of hydrogen-bond donors (Lipinski definition) is 2. The minimum absolute atomic E-state index is 0.417. The van der Waals surface area contributed by atoms with E-state index < -0.39 is 16.1 Å². The first-order valence-electron chi connectivity index (χ1n) is 7.83. The van der Waals surface area contributed by atoms with E-state index >= 15 is 0 Å². The number of nitrogens with zero attached hydrogens (tertiary/aromatic N) is 1. The van der Waals surface area contributed by atoms with Crippen molar-refractivity contribution in [3.05, 3.63) is 65.7 Å². The van der Waals surface area contributed by atoms with Crippen molar-refractivity contribution in [3.8, 4) is 0 Å². The molecule has 0 radical (unpaired) electrons. The molecule has 2 N–H and O–H groups in total. The summed E-state index contributed by atoms with van der Waals surface area (Å²) in [6.07, 6.45) is 0.713. The highest BCUT2D eigenvalue weighted by Gasteiger charge is 2.10. The molecule has 1 atom stereocenters. The second-order valence-electron chi connectivity index (χ2n) is 6.08. The molecule has 0 bridgehead atoms. The predicted molar refractivity (Wildman–Crippen MR) is 97.1 cm³/mol. The van der Waals surface area contributed by atoms with Crippen LogP contribution in [0.3, 0.4) is 0 Å². The van der Waals surface area contributed by atoms with Gasteiger partial charge >= 0.3 is 0 Å². The number of anilines is 1. The molecule has 0 heterocycles. The lowest BCUT2D eigenvalue weighted by molar-refractivity contribution is 0.118. The fourth-order valence-electron chi connectivity index (χ4n) is 2.55. The van der Waals surface area contributed by atoms with E-state index in [1.54, 1.807) is 19.1 Å². The number of nitrogens with one attached hydrogen (secondary N) is 1. The van der Waals surface area contributed by atoms with Gasteiger partial charge in [0.25, 0.3) is 0 Å². The summed E-state index contributed by atoms with van der Waals surface area (Å²) < 4.78 is 24.9. The van der Waals surface area contributed by atoms with Gasteiger partial charge in [-0.2, -0.15) is 0 Å². The van der Waals surface area contributed by atoms with E-state index in [0.717, 1.165) is 18.4 Å². The lowest BCUT2D eigenvalue weighted by Gasteiger charge is -2.24. The second kappa shape index (κ2) is 8.28. The fourth-order valence-corrected chi connectivity index (χ4v) is 3.11. The molecular weight excluding hydrogens is 324 g/mol. The van der Waals surface area contributed by atoms with E-state index in [2.05, 4.69) is 21.8 Å². The standard InChI is InChI=1S/C18H24N2O3S/c1-15(21)12-20(13-16-6-4-3-5-7-16)14-17-8-10-18(11-9-17)19-24(2,22)23/h3-11,15,19,21H,12-14H2,1-2H3/t15-/m0/s1. The van der Waals surface area contributed by atoms with Crippen molar-refractivity contribution >= 4 is 15.7 Å². The Morgan fingerprint density at radius 2 is 1.54 bits per heavy atom. The average molecular weight is 348 g/mol. The van der Waals surface area contributed by atoms with E-state index in [1.807, 2.05) is 30.3 Å². The van der Waals surface area contributed by atoms with Crippen LogP contribution < -0.4 is 4.72 Å². The van der Waals surface area contributed by atoms with Gasteiger partial charge in [-0.15, -0.1) is 0 Å². The van der Waals surface area contributed by atoms with Gasteiger partial charge in [-0.1, -0.05) is 42.5 Å². The largest absolute Gasteiger partial charge is 0.392 e. The molecule has 0 amide bonds. The van der Waals surface area contributed by atoms with Crippen LogP contribution in [0, 0.1) is 0 Å². The zero-order valence-corrected chi connectivity index (χ0v) is 14.8.